The van der Waals surface area contributed by atoms with Crippen molar-refractivity contribution in [1.82, 2.24) is 4.90 Å². The van der Waals surface area contributed by atoms with Crippen LogP contribution < -0.4 is 4.74 Å². The van der Waals surface area contributed by atoms with E-state index in [1.54, 1.807) is 35.2 Å². The minimum absolute atomic E-state index is 0.00262. The van der Waals surface area contributed by atoms with Gasteiger partial charge in [0, 0.05) is 18.4 Å². The number of allylic oxidation sites excluding steroid dienone is 1. The fourth-order valence-electron chi connectivity index (χ4n) is 4.07. The Hall–Kier alpha value is -2.76. The monoisotopic (exact) mass is 403 g/mol. The summed E-state index contributed by atoms with van der Waals surface area (Å²) in [4.78, 5) is 14.8. The summed E-state index contributed by atoms with van der Waals surface area (Å²) in [6.07, 6.45) is 3.47. The normalized spacial score (nSPS) is 20.6. The first-order chi connectivity index (χ1) is 13.8. The van der Waals surface area contributed by atoms with Gasteiger partial charge in [-0.25, -0.2) is 4.39 Å². The highest BCUT2D eigenvalue weighted by Gasteiger charge is 2.40. The van der Waals surface area contributed by atoms with Crippen LogP contribution in [0, 0.1) is 5.82 Å². The molecule has 1 aliphatic rings. The summed E-state index contributed by atoms with van der Waals surface area (Å²) in [6, 6.07) is 12.5. The number of hydrogen-bond acceptors (Lipinski definition) is 2. The van der Waals surface area contributed by atoms with Crippen molar-refractivity contribution < 1.29 is 22.7 Å². The molecule has 6 heteroatoms. The van der Waals surface area contributed by atoms with Gasteiger partial charge in [0.25, 0.3) is 0 Å². The molecule has 29 heavy (non-hydrogen) atoms. The molecule has 0 N–H and O–H groups in total. The van der Waals surface area contributed by atoms with Crippen LogP contribution in [0.2, 0.25) is 0 Å². The molecule has 3 rings (SSSR count). The summed E-state index contributed by atoms with van der Waals surface area (Å²) in [5.74, 6) is -0.218. The minimum atomic E-state index is -2.87. The first kappa shape index (κ1) is 21.0. The molecule has 2 atom stereocenters. The predicted molar refractivity (Wildman–Crippen MR) is 105 cm³/mol. The number of carbonyl (C=O) groups is 1. The maximum atomic E-state index is 13.3. The quantitative estimate of drug-likeness (QED) is 0.561. The number of hydrogen-bond donors (Lipinski definition) is 0. The second kappa shape index (κ2) is 8.72. The summed E-state index contributed by atoms with van der Waals surface area (Å²) < 4.78 is 42.4. The maximum absolute atomic E-state index is 13.3. The zero-order chi connectivity index (χ0) is 21.0. The molecule has 0 aliphatic carbocycles. The van der Waals surface area contributed by atoms with Gasteiger partial charge in [-0.2, -0.15) is 8.78 Å². The van der Waals surface area contributed by atoms with Crippen LogP contribution in [0.15, 0.2) is 61.2 Å². The van der Waals surface area contributed by atoms with Gasteiger partial charge in [-0.15, -0.1) is 6.58 Å². The van der Waals surface area contributed by atoms with Crippen molar-refractivity contribution in [2.45, 2.75) is 44.3 Å². The van der Waals surface area contributed by atoms with E-state index < -0.39 is 12.0 Å². The zero-order valence-electron chi connectivity index (χ0n) is 16.3. The molecule has 0 spiro atoms. The number of rotatable bonds is 7. The molecule has 1 aliphatic heterocycles. The summed E-state index contributed by atoms with van der Waals surface area (Å²) in [5, 5.41) is 0. The van der Waals surface area contributed by atoms with Gasteiger partial charge < -0.3 is 9.64 Å². The molecule has 1 fully saturated rings. The van der Waals surface area contributed by atoms with Crippen molar-refractivity contribution >= 4 is 5.91 Å². The molecule has 0 aromatic heterocycles. The maximum Gasteiger partial charge on any atom is 0.387 e. The highest BCUT2D eigenvalue weighted by molar-refractivity contribution is 5.79. The molecule has 3 nitrogen and oxygen atoms in total. The van der Waals surface area contributed by atoms with Gasteiger partial charge in [0.1, 0.15) is 11.6 Å². The lowest BCUT2D eigenvalue weighted by Gasteiger charge is -2.43. The van der Waals surface area contributed by atoms with Crippen LogP contribution in [0.25, 0.3) is 0 Å². The lowest BCUT2D eigenvalue weighted by atomic mass is 9.70. The van der Waals surface area contributed by atoms with E-state index in [-0.39, 0.29) is 23.5 Å². The van der Waals surface area contributed by atoms with Crippen LogP contribution in [0.3, 0.4) is 0 Å². The van der Waals surface area contributed by atoms with Crippen LogP contribution in [0.5, 0.6) is 5.75 Å². The fourth-order valence-corrected chi connectivity index (χ4v) is 4.07. The number of nitrogens with zero attached hydrogens (tertiary/aromatic N) is 1. The smallest absolute Gasteiger partial charge is 0.387 e. The van der Waals surface area contributed by atoms with Crippen molar-refractivity contribution in [2.75, 3.05) is 6.54 Å². The molecule has 0 saturated carbocycles. The zero-order valence-corrected chi connectivity index (χ0v) is 16.3. The number of ether oxygens (including phenoxy) is 1. The van der Waals surface area contributed by atoms with E-state index in [1.165, 1.54) is 24.3 Å². The van der Waals surface area contributed by atoms with E-state index in [4.69, 9.17) is 0 Å². The molecule has 1 amide bonds. The highest BCUT2D eigenvalue weighted by Crippen LogP contribution is 2.41. The Labute approximate surface area is 168 Å². The van der Waals surface area contributed by atoms with Crippen LogP contribution in [-0.2, 0) is 10.2 Å². The summed E-state index contributed by atoms with van der Waals surface area (Å²) in [5.41, 5.74) is 1.39. The Morgan fingerprint density at radius 1 is 1.17 bits per heavy atom. The Morgan fingerprint density at radius 2 is 1.83 bits per heavy atom. The molecule has 0 radical (unpaired) electrons. The number of benzene rings is 2. The fraction of sp³-hybridized carbons (Fsp3) is 0.348. The highest BCUT2D eigenvalue weighted by atomic mass is 19.3. The van der Waals surface area contributed by atoms with Gasteiger partial charge in [-0.1, -0.05) is 30.3 Å². The predicted octanol–water partition coefficient (Wildman–Crippen LogP) is 5.62. The molecule has 0 unspecified atom stereocenters. The van der Waals surface area contributed by atoms with Crippen molar-refractivity contribution in [3.63, 3.8) is 0 Å². The third kappa shape index (κ3) is 4.63. The molecular weight excluding hydrogens is 379 g/mol. The Bertz CT molecular complexity index is 851. The van der Waals surface area contributed by atoms with E-state index in [2.05, 4.69) is 11.3 Å². The average Bonchev–Trinajstić information content (AvgIpc) is 2.68. The number of amides is 1. The van der Waals surface area contributed by atoms with E-state index in [1.807, 2.05) is 6.92 Å². The number of likely N-dealkylation sites (tertiary alicyclic amines) is 1. The van der Waals surface area contributed by atoms with Gasteiger partial charge in [-0.05, 0) is 55.2 Å². The second-order valence-corrected chi connectivity index (χ2v) is 7.42. The lowest BCUT2D eigenvalue weighted by Crippen LogP contribution is -2.47. The third-order valence-electron chi connectivity index (χ3n) is 5.69. The van der Waals surface area contributed by atoms with Crippen LogP contribution in [0.4, 0.5) is 13.2 Å². The largest absolute Gasteiger partial charge is 0.435 e. The number of halogens is 3. The van der Waals surface area contributed by atoms with Gasteiger partial charge in [0.05, 0.1) is 6.04 Å². The molecule has 2 aromatic carbocycles. The lowest BCUT2D eigenvalue weighted by molar-refractivity contribution is -0.138. The first-order valence-electron chi connectivity index (χ1n) is 9.56. The van der Waals surface area contributed by atoms with Crippen LogP contribution >= 0.6 is 0 Å². The minimum Gasteiger partial charge on any atom is -0.435 e. The molecule has 1 saturated heterocycles. The summed E-state index contributed by atoms with van der Waals surface area (Å²) >= 11 is 0. The SMILES string of the molecule is C=CC[C@]1(c2ccc(F)cc2)CCN([C@@H](C)c2ccc(OC(F)F)cc2)C(=O)C1. The molecule has 1 heterocycles. The van der Waals surface area contributed by atoms with Gasteiger partial charge in [-0.3, -0.25) is 4.79 Å². The van der Waals surface area contributed by atoms with Crippen molar-refractivity contribution in [3.05, 3.63) is 78.1 Å². The Balaban J connectivity index is 1.76. The van der Waals surface area contributed by atoms with Crippen molar-refractivity contribution in [1.29, 1.82) is 0 Å². The molecule has 0 bridgehead atoms. The number of alkyl halides is 2. The first-order valence-corrected chi connectivity index (χ1v) is 9.56. The molecule has 154 valence electrons. The van der Waals surface area contributed by atoms with Crippen LogP contribution in [-0.4, -0.2) is 24.0 Å². The van der Waals surface area contributed by atoms with Gasteiger partial charge in [0.15, 0.2) is 0 Å². The average molecular weight is 403 g/mol. The molecule has 2 aromatic rings. The summed E-state index contributed by atoms with van der Waals surface area (Å²) in [6.45, 7) is 3.42. The van der Waals surface area contributed by atoms with Gasteiger partial charge in [0.2, 0.25) is 5.91 Å². The van der Waals surface area contributed by atoms with Gasteiger partial charge >= 0.3 is 6.61 Å². The standard InChI is InChI=1S/C23H24F3NO2/c1-3-12-23(18-6-8-19(24)9-7-18)13-14-27(21(28)15-23)16(2)17-4-10-20(11-5-17)29-22(25)26/h3-11,16,22H,1,12-15H2,2H3/t16-,23-/m0/s1. The van der Waals surface area contributed by atoms with Crippen LogP contribution in [0.1, 0.15) is 43.4 Å². The second-order valence-electron chi connectivity index (χ2n) is 7.42. The summed E-state index contributed by atoms with van der Waals surface area (Å²) in [7, 11) is 0. The Morgan fingerprint density at radius 3 is 2.38 bits per heavy atom. The van der Waals surface area contributed by atoms with Crippen molar-refractivity contribution in [3.8, 4) is 5.75 Å². The van der Waals surface area contributed by atoms with E-state index in [9.17, 15) is 18.0 Å². The number of carbonyl (C=O) groups excluding carboxylic acids is 1. The van der Waals surface area contributed by atoms with E-state index in [0.717, 1.165) is 17.5 Å². The Kier molecular flexibility index (Phi) is 6.30. The van der Waals surface area contributed by atoms with E-state index in [0.29, 0.717) is 19.4 Å². The van der Waals surface area contributed by atoms with E-state index >= 15 is 0 Å². The third-order valence-corrected chi connectivity index (χ3v) is 5.69. The van der Waals surface area contributed by atoms with Crippen molar-refractivity contribution in [2.24, 2.45) is 0 Å². The number of piperidine rings is 1. The topological polar surface area (TPSA) is 29.5 Å². The molecular formula is C23H24F3NO2.